The Morgan fingerprint density at radius 2 is 1.63 bits per heavy atom. The summed E-state index contributed by atoms with van der Waals surface area (Å²) in [5.74, 6) is 0.204. The van der Waals surface area contributed by atoms with E-state index in [4.69, 9.17) is 0 Å². The summed E-state index contributed by atoms with van der Waals surface area (Å²) in [6.45, 7) is 4.81. The van der Waals surface area contributed by atoms with Gasteiger partial charge in [-0.3, -0.25) is 9.69 Å². The van der Waals surface area contributed by atoms with Crippen LogP contribution in [0.3, 0.4) is 0 Å². The molecular formula is C23H25N3O. The number of benzene rings is 2. The van der Waals surface area contributed by atoms with Crippen LogP contribution in [0.15, 0.2) is 72.9 Å². The molecule has 3 aromatic rings. The summed E-state index contributed by atoms with van der Waals surface area (Å²) in [5, 5.41) is 1.18. The van der Waals surface area contributed by atoms with Gasteiger partial charge in [-0.1, -0.05) is 60.7 Å². The van der Waals surface area contributed by atoms with Gasteiger partial charge in [0, 0.05) is 44.4 Å². The molecule has 4 nitrogen and oxygen atoms in total. The van der Waals surface area contributed by atoms with Gasteiger partial charge in [0.15, 0.2) is 0 Å². The quantitative estimate of drug-likeness (QED) is 0.698. The van der Waals surface area contributed by atoms with E-state index in [-0.39, 0.29) is 5.91 Å². The third-order valence-electron chi connectivity index (χ3n) is 5.18. The van der Waals surface area contributed by atoms with Gasteiger partial charge in [0.2, 0.25) is 5.91 Å². The van der Waals surface area contributed by atoms with Crippen molar-refractivity contribution in [1.29, 1.82) is 0 Å². The highest BCUT2D eigenvalue weighted by molar-refractivity contribution is 5.83. The number of carbonyl (C=O) groups excluding carboxylic acids is 1. The zero-order valence-electron chi connectivity index (χ0n) is 15.5. The molecule has 1 aliphatic rings. The third-order valence-corrected chi connectivity index (χ3v) is 5.18. The number of hydrogen-bond donors (Lipinski definition) is 0. The average Bonchev–Trinajstić information content (AvgIpc) is 3.12. The molecule has 0 spiro atoms. The fourth-order valence-electron chi connectivity index (χ4n) is 3.61. The van der Waals surface area contributed by atoms with Crippen LogP contribution in [0.2, 0.25) is 0 Å². The number of carbonyl (C=O) groups is 1. The first-order valence-electron chi connectivity index (χ1n) is 9.55. The second-order valence-corrected chi connectivity index (χ2v) is 7.00. The molecule has 0 N–H and O–H groups in total. The Hall–Kier alpha value is -2.85. The predicted octanol–water partition coefficient (Wildman–Crippen LogP) is 3.50. The summed E-state index contributed by atoms with van der Waals surface area (Å²) < 4.78 is 2.05. The molecule has 1 aliphatic heterocycles. The van der Waals surface area contributed by atoms with Crippen molar-refractivity contribution >= 4 is 22.9 Å². The van der Waals surface area contributed by atoms with Gasteiger partial charge < -0.3 is 9.47 Å². The number of nitrogens with zero attached hydrogens (tertiary/aromatic N) is 3. The normalized spacial score (nSPS) is 15.6. The van der Waals surface area contributed by atoms with E-state index in [0.29, 0.717) is 6.54 Å². The minimum absolute atomic E-state index is 0.204. The molecule has 2 aromatic carbocycles. The van der Waals surface area contributed by atoms with Crippen LogP contribution in [0.25, 0.3) is 17.0 Å². The number of amides is 1. The topological polar surface area (TPSA) is 28.5 Å². The minimum atomic E-state index is 0.204. The minimum Gasteiger partial charge on any atom is -0.339 e. The van der Waals surface area contributed by atoms with E-state index in [1.165, 1.54) is 10.9 Å². The van der Waals surface area contributed by atoms with Crippen molar-refractivity contribution in [3.63, 3.8) is 0 Å². The van der Waals surface area contributed by atoms with E-state index in [9.17, 15) is 4.79 Å². The molecule has 0 radical (unpaired) electrons. The molecule has 1 amide bonds. The summed E-state index contributed by atoms with van der Waals surface area (Å²) in [6, 6.07) is 20.6. The van der Waals surface area contributed by atoms with Gasteiger partial charge >= 0.3 is 0 Å². The van der Waals surface area contributed by atoms with Crippen molar-refractivity contribution in [2.24, 2.45) is 0 Å². The molecule has 0 aliphatic carbocycles. The first-order valence-corrected chi connectivity index (χ1v) is 9.55. The van der Waals surface area contributed by atoms with Crippen LogP contribution in [0, 0.1) is 0 Å². The standard InChI is InChI=1S/C23H25N3O/c27-23(19-26-14-12-21-10-4-5-11-22(21)26)25-17-15-24(16-18-25)13-6-9-20-7-2-1-3-8-20/h1-12,14H,13,15-19H2/b9-6+. The largest absolute Gasteiger partial charge is 0.339 e. The fourth-order valence-corrected chi connectivity index (χ4v) is 3.61. The first-order chi connectivity index (χ1) is 13.3. The van der Waals surface area contributed by atoms with Gasteiger partial charge in [-0.05, 0) is 23.1 Å². The second kappa shape index (κ2) is 8.23. The lowest BCUT2D eigenvalue weighted by Gasteiger charge is -2.34. The Labute approximate surface area is 160 Å². The summed E-state index contributed by atoms with van der Waals surface area (Å²) in [6.07, 6.45) is 6.38. The molecule has 0 atom stereocenters. The van der Waals surface area contributed by atoms with E-state index in [0.717, 1.165) is 38.2 Å². The van der Waals surface area contributed by atoms with Gasteiger partial charge in [0.1, 0.15) is 6.54 Å². The van der Waals surface area contributed by atoms with Crippen LogP contribution in [0.1, 0.15) is 5.56 Å². The summed E-state index contributed by atoms with van der Waals surface area (Å²) in [7, 11) is 0. The van der Waals surface area contributed by atoms with Crippen molar-refractivity contribution in [2.45, 2.75) is 6.54 Å². The van der Waals surface area contributed by atoms with E-state index < -0.39 is 0 Å². The zero-order chi connectivity index (χ0) is 18.5. The Morgan fingerprint density at radius 1 is 0.889 bits per heavy atom. The van der Waals surface area contributed by atoms with Crippen molar-refractivity contribution in [1.82, 2.24) is 14.4 Å². The first kappa shape index (κ1) is 17.6. The van der Waals surface area contributed by atoms with Crippen LogP contribution in [0.4, 0.5) is 0 Å². The van der Waals surface area contributed by atoms with Gasteiger partial charge in [-0.15, -0.1) is 0 Å². The summed E-state index contributed by atoms with van der Waals surface area (Å²) >= 11 is 0. The monoisotopic (exact) mass is 359 g/mol. The average molecular weight is 359 g/mol. The maximum atomic E-state index is 12.7. The number of para-hydroxylation sites is 1. The highest BCUT2D eigenvalue weighted by Crippen LogP contribution is 2.15. The summed E-state index contributed by atoms with van der Waals surface area (Å²) in [4.78, 5) is 17.1. The fraction of sp³-hybridized carbons (Fsp3) is 0.261. The van der Waals surface area contributed by atoms with Gasteiger partial charge in [0.05, 0.1) is 0 Å². The van der Waals surface area contributed by atoms with Crippen molar-refractivity contribution in [3.8, 4) is 0 Å². The molecule has 0 bridgehead atoms. The summed E-state index contributed by atoms with van der Waals surface area (Å²) in [5.41, 5.74) is 2.35. The van der Waals surface area contributed by atoms with Crippen LogP contribution in [-0.2, 0) is 11.3 Å². The zero-order valence-corrected chi connectivity index (χ0v) is 15.5. The lowest BCUT2D eigenvalue weighted by Crippen LogP contribution is -2.49. The molecule has 27 heavy (non-hydrogen) atoms. The molecule has 2 heterocycles. The lowest BCUT2D eigenvalue weighted by molar-refractivity contribution is -0.133. The van der Waals surface area contributed by atoms with Gasteiger partial charge in [-0.2, -0.15) is 0 Å². The third kappa shape index (κ3) is 4.29. The Kier molecular flexibility index (Phi) is 5.35. The Bertz CT molecular complexity index is 921. The van der Waals surface area contributed by atoms with Crippen molar-refractivity contribution < 1.29 is 4.79 Å². The second-order valence-electron chi connectivity index (χ2n) is 7.00. The van der Waals surface area contributed by atoms with E-state index >= 15 is 0 Å². The smallest absolute Gasteiger partial charge is 0.242 e. The molecule has 1 fully saturated rings. The molecule has 1 saturated heterocycles. The Balaban J connectivity index is 1.27. The molecule has 1 aromatic heterocycles. The van der Waals surface area contributed by atoms with Crippen LogP contribution >= 0.6 is 0 Å². The predicted molar refractivity (Wildman–Crippen MR) is 110 cm³/mol. The molecule has 0 saturated carbocycles. The number of hydrogen-bond acceptors (Lipinski definition) is 2. The van der Waals surface area contributed by atoms with E-state index in [1.807, 2.05) is 33.9 Å². The number of aromatic nitrogens is 1. The SMILES string of the molecule is O=C(Cn1ccc2ccccc21)N1CCN(C/C=C/c2ccccc2)CC1. The molecular weight excluding hydrogens is 334 g/mol. The van der Waals surface area contributed by atoms with Crippen LogP contribution in [0.5, 0.6) is 0 Å². The lowest BCUT2D eigenvalue weighted by atomic mass is 10.2. The van der Waals surface area contributed by atoms with Crippen LogP contribution in [-0.4, -0.2) is 53.0 Å². The maximum absolute atomic E-state index is 12.7. The molecule has 4 heteroatoms. The highest BCUT2D eigenvalue weighted by Gasteiger charge is 2.20. The van der Waals surface area contributed by atoms with Crippen molar-refractivity contribution in [3.05, 3.63) is 78.5 Å². The number of piperazine rings is 1. The van der Waals surface area contributed by atoms with Gasteiger partial charge in [-0.25, -0.2) is 0 Å². The molecule has 4 rings (SSSR count). The Morgan fingerprint density at radius 3 is 2.44 bits per heavy atom. The highest BCUT2D eigenvalue weighted by atomic mass is 16.2. The number of fused-ring (bicyclic) bond motifs is 1. The van der Waals surface area contributed by atoms with E-state index in [1.54, 1.807) is 0 Å². The van der Waals surface area contributed by atoms with Crippen molar-refractivity contribution in [2.75, 3.05) is 32.7 Å². The molecule has 0 unspecified atom stereocenters. The maximum Gasteiger partial charge on any atom is 0.242 e. The molecule has 138 valence electrons. The van der Waals surface area contributed by atoms with E-state index in [2.05, 4.69) is 59.5 Å². The number of rotatable bonds is 5. The van der Waals surface area contributed by atoms with Crippen LogP contribution < -0.4 is 0 Å². The van der Waals surface area contributed by atoms with Gasteiger partial charge in [0.25, 0.3) is 0 Å².